The zero-order valence-corrected chi connectivity index (χ0v) is 16.5. The zero-order valence-electron chi connectivity index (χ0n) is 15.6. The van der Waals surface area contributed by atoms with E-state index in [2.05, 4.69) is 5.32 Å². The first-order valence-electron chi connectivity index (χ1n) is 9.01. The van der Waals surface area contributed by atoms with Crippen LogP contribution in [0.4, 0.5) is 5.69 Å². The predicted molar refractivity (Wildman–Crippen MR) is 105 cm³/mol. The fourth-order valence-electron chi connectivity index (χ4n) is 2.76. The first kappa shape index (κ1) is 19.3. The Hall–Kier alpha value is -3.07. The summed E-state index contributed by atoms with van der Waals surface area (Å²) in [5.41, 5.74) is 0.535. The number of fused-ring (bicyclic) bond motifs is 2. The Kier molecular flexibility index (Phi) is 5.66. The Morgan fingerprint density at radius 1 is 1.00 bits per heavy atom. The molecule has 0 aromatic heterocycles. The summed E-state index contributed by atoms with van der Waals surface area (Å²) < 4.78 is 26.7. The molecule has 9 heteroatoms. The summed E-state index contributed by atoms with van der Waals surface area (Å²) in [6.45, 7) is 2.70. The molecule has 0 aliphatic carbocycles. The smallest absolute Gasteiger partial charge is 0.317 e. The number of anilines is 1. The molecule has 152 valence electrons. The number of hydrogen-bond acceptors (Lipinski definition) is 8. The van der Waals surface area contributed by atoms with E-state index >= 15 is 0 Å². The minimum atomic E-state index is -0.936. The number of rotatable bonds is 6. The van der Waals surface area contributed by atoms with Crippen molar-refractivity contribution in [2.75, 3.05) is 31.1 Å². The van der Waals surface area contributed by atoms with Gasteiger partial charge in [0.15, 0.2) is 29.1 Å². The third-order valence-electron chi connectivity index (χ3n) is 4.19. The molecule has 0 radical (unpaired) electrons. The van der Waals surface area contributed by atoms with Crippen LogP contribution in [0.25, 0.3) is 0 Å². The van der Waals surface area contributed by atoms with Gasteiger partial charge in [0.25, 0.3) is 5.91 Å². The van der Waals surface area contributed by atoms with E-state index in [0.29, 0.717) is 41.9 Å². The second-order valence-corrected chi connectivity index (χ2v) is 7.33. The van der Waals surface area contributed by atoms with Crippen molar-refractivity contribution in [2.45, 2.75) is 17.9 Å². The van der Waals surface area contributed by atoms with Crippen LogP contribution in [0.3, 0.4) is 0 Å². The van der Waals surface area contributed by atoms with E-state index in [1.807, 2.05) is 18.2 Å². The zero-order chi connectivity index (χ0) is 20.2. The number of esters is 1. The van der Waals surface area contributed by atoms with Crippen LogP contribution < -0.4 is 24.3 Å². The third-order valence-corrected chi connectivity index (χ3v) is 5.16. The van der Waals surface area contributed by atoms with E-state index in [1.54, 1.807) is 18.2 Å². The normalized spacial score (nSPS) is 14.8. The van der Waals surface area contributed by atoms with Crippen LogP contribution in [0.5, 0.6) is 23.0 Å². The molecule has 2 aromatic rings. The lowest BCUT2D eigenvalue weighted by atomic mass is 10.2. The van der Waals surface area contributed by atoms with Crippen LogP contribution in [0.2, 0.25) is 0 Å². The lowest BCUT2D eigenvalue weighted by Crippen LogP contribution is -2.30. The van der Waals surface area contributed by atoms with E-state index in [-0.39, 0.29) is 12.5 Å². The van der Waals surface area contributed by atoms with Gasteiger partial charge in [0.2, 0.25) is 6.79 Å². The predicted octanol–water partition coefficient (Wildman–Crippen LogP) is 2.85. The molecule has 0 bridgehead atoms. The van der Waals surface area contributed by atoms with Crippen LogP contribution in [0.15, 0.2) is 41.3 Å². The van der Waals surface area contributed by atoms with Gasteiger partial charge < -0.3 is 29.0 Å². The highest BCUT2D eigenvalue weighted by Gasteiger charge is 2.20. The summed E-state index contributed by atoms with van der Waals surface area (Å²) in [5.74, 6) is 1.69. The molecule has 4 rings (SSSR count). The van der Waals surface area contributed by atoms with Gasteiger partial charge >= 0.3 is 5.97 Å². The molecule has 1 atom stereocenters. The minimum absolute atomic E-state index is 0.0707. The number of benzene rings is 2. The lowest BCUT2D eigenvalue weighted by molar-refractivity contribution is -0.150. The first-order chi connectivity index (χ1) is 14.1. The fraction of sp³-hybridized carbons (Fsp3) is 0.300. The highest BCUT2D eigenvalue weighted by atomic mass is 32.2. The number of carbonyl (C=O) groups excluding carboxylic acids is 2. The van der Waals surface area contributed by atoms with Gasteiger partial charge in [-0.15, -0.1) is 11.8 Å². The second kappa shape index (κ2) is 8.52. The minimum Gasteiger partial charge on any atom is -0.486 e. The molecule has 1 amide bonds. The number of hydrogen-bond donors (Lipinski definition) is 1. The number of ether oxygens (including phenoxy) is 5. The number of carbonyl (C=O) groups is 2. The van der Waals surface area contributed by atoms with Crippen molar-refractivity contribution in [1.82, 2.24) is 0 Å². The van der Waals surface area contributed by atoms with Gasteiger partial charge in [-0.05, 0) is 37.3 Å². The van der Waals surface area contributed by atoms with Gasteiger partial charge in [-0.3, -0.25) is 9.59 Å². The summed E-state index contributed by atoms with van der Waals surface area (Å²) in [4.78, 5) is 25.2. The van der Waals surface area contributed by atoms with Crippen molar-refractivity contribution in [3.8, 4) is 23.0 Å². The summed E-state index contributed by atoms with van der Waals surface area (Å²) in [7, 11) is 0. The lowest BCUT2D eigenvalue weighted by Gasteiger charge is -2.18. The van der Waals surface area contributed by atoms with E-state index in [4.69, 9.17) is 23.7 Å². The van der Waals surface area contributed by atoms with Crippen molar-refractivity contribution in [1.29, 1.82) is 0 Å². The largest absolute Gasteiger partial charge is 0.486 e. The van der Waals surface area contributed by atoms with E-state index < -0.39 is 18.0 Å². The first-order valence-corrected chi connectivity index (χ1v) is 9.99. The molecular formula is C20H19NO7S. The van der Waals surface area contributed by atoms with Crippen LogP contribution in [0.1, 0.15) is 6.92 Å². The van der Waals surface area contributed by atoms with Gasteiger partial charge in [0, 0.05) is 16.6 Å². The molecule has 2 aliphatic rings. The molecule has 0 spiro atoms. The molecule has 0 saturated carbocycles. The van der Waals surface area contributed by atoms with Gasteiger partial charge in [-0.25, -0.2) is 0 Å². The topological polar surface area (TPSA) is 92.3 Å². The maximum Gasteiger partial charge on any atom is 0.317 e. The molecule has 2 aliphatic heterocycles. The van der Waals surface area contributed by atoms with E-state index in [1.165, 1.54) is 18.7 Å². The monoisotopic (exact) mass is 417 g/mol. The number of amides is 1. The van der Waals surface area contributed by atoms with Gasteiger partial charge in [-0.2, -0.15) is 0 Å². The quantitative estimate of drug-likeness (QED) is 0.567. The van der Waals surface area contributed by atoms with E-state index in [0.717, 1.165) is 4.90 Å². The molecule has 0 unspecified atom stereocenters. The third kappa shape index (κ3) is 4.68. The number of thioether (sulfide) groups is 1. The maximum absolute atomic E-state index is 12.3. The molecule has 2 heterocycles. The summed E-state index contributed by atoms with van der Waals surface area (Å²) >= 11 is 1.30. The van der Waals surface area contributed by atoms with Gasteiger partial charge in [-0.1, -0.05) is 0 Å². The average molecular weight is 417 g/mol. The highest BCUT2D eigenvalue weighted by molar-refractivity contribution is 8.00. The van der Waals surface area contributed by atoms with Crippen molar-refractivity contribution >= 4 is 29.3 Å². The van der Waals surface area contributed by atoms with Crippen LogP contribution in [-0.4, -0.2) is 43.7 Å². The fourth-order valence-corrected chi connectivity index (χ4v) is 3.47. The Morgan fingerprint density at radius 3 is 2.55 bits per heavy atom. The molecule has 2 aromatic carbocycles. The summed E-state index contributed by atoms with van der Waals surface area (Å²) in [6, 6.07) is 10.5. The Bertz CT molecular complexity index is 933. The molecule has 29 heavy (non-hydrogen) atoms. The highest BCUT2D eigenvalue weighted by Crippen LogP contribution is 2.35. The van der Waals surface area contributed by atoms with Gasteiger partial charge in [0.1, 0.15) is 13.2 Å². The average Bonchev–Trinajstić information content (AvgIpc) is 3.20. The molecular weight excluding hydrogens is 398 g/mol. The number of nitrogens with one attached hydrogen (secondary N) is 1. The Balaban J connectivity index is 1.26. The van der Waals surface area contributed by atoms with Crippen LogP contribution in [0, 0.1) is 0 Å². The SMILES string of the molecule is C[C@@H](OC(=O)CSc1ccc2c(c1)OCCO2)C(=O)Nc1ccc2c(c1)OCO2. The molecule has 1 N–H and O–H groups in total. The summed E-state index contributed by atoms with van der Waals surface area (Å²) in [5, 5.41) is 2.70. The summed E-state index contributed by atoms with van der Waals surface area (Å²) in [6.07, 6.45) is -0.936. The Labute approximate surface area is 171 Å². The molecule has 0 saturated heterocycles. The second-order valence-electron chi connectivity index (χ2n) is 6.28. The van der Waals surface area contributed by atoms with Crippen molar-refractivity contribution in [3.05, 3.63) is 36.4 Å². The maximum atomic E-state index is 12.3. The van der Waals surface area contributed by atoms with E-state index in [9.17, 15) is 9.59 Å². The van der Waals surface area contributed by atoms with Crippen molar-refractivity contribution in [2.24, 2.45) is 0 Å². The van der Waals surface area contributed by atoms with Gasteiger partial charge in [0.05, 0.1) is 5.75 Å². The van der Waals surface area contributed by atoms with Crippen molar-refractivity contribution in [3.63, 3.8) is 0 Å². The molecule has 0 fully saturated rings. The van der Waals surface area contributed by atoms with Crippen LogP contribution >= 0.6 is 11.8 Å². The standard InChI is InChI=1S/C20H19NO7S/c1-12(20(23)21-13-2-4-16-17(8-13)27-11-26-16)28-19(22)10-29-14-3-5-15-18(9-14)25-7-6-24-15/h2-5,8-9,12H,6-7,10-11H2,1H3,(H,21,23)/t12-/m1/s1. The van der Waals surface area contributed by atoms with Crippen molar-refractivity contribution < 1.29 is 33.3 Å². The Morgan fingerprint density at radius 2 is 1.69 bits per heavy atom. The van der Waals surface area contributed by atoms with Crippen LogP contribution in [-0.2, 0) is 14.3 Å². The molecule has 8 nitrogen and oxygen atoms in total.